The largest absolute Gasteiger partial charge is 0.497 e. The Labute approximate surface area is 115 Å². The first-order valence-electron chi connectivity index (χ1n) is 6.70. The van der Waals surface area contributed by atoms with Crippen LogP contribution in [0.5, 0.6) is 5.75 Å². The quantitative estimate of drug-likeness (QED) is 0.740. The van der Waals surface area contributed by atoms with Gasteiger partial charge in [0, 0.05) is 5.92 Å². The van der Waals surface area contributed by atoms with Crippen molar-refractivity contribution >= 4 is 0 Å². The molecule has 0 bridgehead atoms. The Morgan fingerprint density at radius 1 is 1.26 bits per heavy atom. The minimum atomic E-state index is 0.170. The summed E-state index contributed by atoms with van der Waals surface area (Å²) in [6.07, 6.45) is 2.33. The van der Waals surface area contributed by atoms with E-state index in [1.165, 1.54) is 11.1 Å². The summed E-state index contributed by atoms with van der Waals surface area (Å²) in [4.78, 5) is 0. The zero-order chi connectivity index (χ0) is 13.8. The molecule has 1 aromatic rings. The van der Waals surface area contributed by atoms with Crippen LogP contribution < -0.4 is 4.74 Å². The van der Waals surface area contributed by atoms with Crippen molar-refractivity contribution in [2.24, 2.45) is 5.92 Å². The number of methoxy groups -OCH3 is 1. The zero-order valence-corrected chi connectivity index (χ0v) is 11.8. The van der Waals surface area contributed by atoms with E-state index in [0.29, 0.717) is 12.5 Å². The van der Waals surface area contributed by atoms with Gasteiger partial charge in [-0.05, 0) is 43.0 Å². The van der Waals surface area contributed by atoms with Gasteiger partial charge in [-0.15, -0.1) is 0 Å². The standard InChI is InChI=1S/C17H22O2/c1-12(2)16-9-10-17(13(16)3)19-11-14-5-7-15(18-4)8-6-14/h5-8,16-17H,1,3,9-11H2,2,4H3/t16?,17-/m1/s1. The van der Waals surface area contributed by atoms with Crippen LogP contribution in [-0.4, -0.2) is 13.2 Å². The van der Waals surface area contributed by atoms with Crippen LogP contribution in [-0.2, 0) is 11.3 Å². The molecule has 0 spiro atoms. The van der Waals surface area contributed by atoms with Crippen LogP contribution >= 0.6 is 0 Å². The Morgan fingerprint density at radius 3 is 2.47 bits per heavy atom. The lowest BCUT2D eigenvalue weighted by Gasteiger charge is -2.16. The monoisotopic (exact) mass is 258 g/mol. The van der Waals surface area contributed by atoms with Gasteiger partial charge < -0.3 is 9.47 Å². The number of ether oxygens (including phenoxy) is 2. The minimum Gasteiger partial charge on any atom is -0.497 e. The lowest BCUT2D eigenvalue weighted by molar-refractivity contribution is 0.0685. The average molecular weight is 258 g/mol. The first-order chi connectivity index (χ1) is 9.11. The Kier molecular flexibility index (Phi) is 4.43. The molecule has 102 valence electrons. The van der Waals surface area contributed by atoms with Crippen LogP contribution in [0, 0.1) is 5.92 Å². The topological polar surface area (TPSA) is 18.5 Å². The molecule has 19 heavy (non-hydrogen) atoms. The van der Waals surface area contributed by atoms with E-state index in [1.807, 2.05) is 24.3 Å². The SMILES string of the molecule is C=C(C)C1CC[C@@H](OCc2ccc(OC)cc2)C1=C. The second-order valence-electron chi connectivity index (χ2n) is 5.20. The van der Waals surface area contributed by atoms with E-state index in [4.69, 9.17) is 9.47 Å². The molecule has 0 saturated heterocycles. The molecular formula is C17H22O2. The van der Waals surface area contributed by atoms with Gasteiger partial charge in [0.1, 0.15) is 5.75 Å². The molecule has 2 heteroatoms. The summed E-state index contributed by atoms with van der Waals surface area (Å²) >= 11 is 0. The van der Waals surface area contributed by atoms with E-state index < -0.39 is 0 Å². The molecule has 0 heterocycles. The molecule has 2 rings (SSSR count). The highest BCUT2D eigenvalue weighted by Gasteiger charge is 2.29. The zero-order valence-electron chi connectivity index (χ0n) is 11.8. The number of rotatable bonds is 5. The molecular weight excluding hydrogens is 236 g/mol. The molecule has 1 aliphatic rings. The highest BCUT2D eigenvalue weighted by molar-refractivity contribution is 5.27. The number of allylic oxidation sites excluding steroid dienone is 1. The van der Waals surface area contributed by atoms with E-state index in [0.717, 1.165) is 24.2 Å². The van der Waals surface area contributed by atoms with E-state index in [1.54, 1.807) is 7.11 Å². The third kappa shape index (κ3) is 3.27. The molecule has 1 saturated carbocycles. The smallest absolute Gasteiger partial charge is 0.118 e. The predicted molar refractivity (Wildman–Crippen MR) is 78.2 cm³/mol. The molecule has 0 radical (unpaired) electrons. The van der Waals surface area contributed by atoms with Gasteiger partial charge in [0.25, 0.3) is 0 Å². The number of benzene rings is 1. The lowest BCUT2D eigenvalue weighted by Crippen LogP contribution is -2.12. The maximum Gasteiger partial charge on any atom is 0.118 e. The van der Waals surface area contributed by atoms with Crippen LogP contribution in [0.2, 0.25) is 0 Å². The van der Waals surface area contributed by atoms with Crippen molar-refractivity contribution in [1.29, 1.82) is 0 Å². The van der Waals surface area contributed by atoms with Crippen molar-refractivity contribution < 1.29 is 9.47 Å². The molecule has 0 aromatic heterocycles. The predicted octanol–water partition coefficient (Wildman–Crippen LogP) is 4.12. The Morgan fingerprint density at radius 2 is 1.95 bits per heavy atom. The molecule has 0 N–H and O–H groups in total. The van der Waals surface area contributed by atoms with Crippen LogP contribution in [0.25, 0.3) is 0 Å². The molecule has 1 aliphatic carbocycles. The van der Waals surface area contributed by atoms with E-state index in [9.17, 15) is 0 Å². The summed E-state index contributed by atoms with van der Waals surface area (Å²) in [5, 5.41) is 0. The Balaban J connectivity index is 1.89. The van der Waals surface area contributed by atoms with Crippen molar-refractivity contribution in [2.45, 2.75) is 32.5 Å². The van der Waals surface area contributed by atoms with Crippen molar-refractivity contribution in [2.75, 3.05) is 7.11 Å². The summed E-state index contributed by atoms with van der Waals surface area (Å²) in [7, 11) is 1.67. The summed E-state index contributed by atoms with van der Waals surface area (Å²) in [5.74, 6) is 1.30. The van der Waals surface area contributed by atoms with E-state index >= 15 is 0 Å². The van der Waals surface area contributed by atoms with Crippen LogP contribution in [0.3, 0.4) is 0 Å². The summed E-state index contributed by atoms with van der Waals surface area (Å²) in [6.45, 7) is 10.9. The van der Waals surface area contributed by atoms with Gasteiger partial charge >= 0.3 is 0 Å². The van der Waals surface area contributed by atoms with Gasteiger partial charge in [0.2, 0.25) is 0 Å². The fourth-order valence-electron chi connectivity index (χ4n) is 2.59. The van der Waals surface area contributed by atoms with Gasteiger partial charge in [-0.2, -0.15) is 0 Å². The highest BCUT2D eigenvalue weighted by Crippen LogP contribution is 2.36. The highest BCUT2D eigenvalue weighted by atomic mass is 16.5. The van der Waals surface area contributed by atoms with E-state index in [-0.39, 0.29) is 6.10 Å². The third-order valence-electron chi connectivity index (χ3n) is 3.78. The average Bonchev–Trinajstić information content (AvgIpc) is 2.78. The third-order valence-corrected chi connectivity index (χ3v) is 3.78. The maximum atomic E-state index is 5.97. The first-order valence-corrected chi connectivity index (χ1v) is 6.70. The van der Waals surface area contributed by atoms with Crippen molar-refractivity contribution in [3.05, 3.63) is 54.1 Å². The Bertz CT molecular complexity index is 459. The fraction of sp³-hybridized carbons (Fsp3) is 0.412. The minimum absolute atomic E-state index is 0.170. The molecule has 2 nitrogen and oxygen atoms in total. The van der Waals surface area contributed by atoms with Gasteiger partial charge in [0.05, 0.1) is 19.8 Å². The molecule has 0 amide bonds. The van der Waals surface area contributed by atoms with Gasteiger partial charge in [-0.25, -0.2) is 0 Å². The number of hydrogen-bond acceptors (Lipinski definition) is 2. The van der Waals surface area contributed by atoms with Gasteiger partial charge in [-0.1, -0.05) is 30.9 Å². The normalized spacial score (nSPS) is 22.5. The first kappa shape index (κ1) is 13.9. The summed E-state index contributed by atoms with van der Waals surface area (Å²) < 4.78 is 11.1. The maximum absolute atomic E-state index is 5.97. The van der Waals surface area contributed by atoms with Crippen LogP contribution in [0.4, 0.5) is 0 Å². The molecule has 1 unspecified atom stereocenters. The van der Waals surface area contributed by atoms with Crippen molar-refractivity contribution in [3.8, 4) is 5.75 Å². The number of hydrogen-bond donors (Lipinski definition) is 0. The second-order valence-corrected chi connectivity index (χ2v) is 5.20. The van der Waals surface area contributed by atoms with Gasteiger partial charge in [0.15, 0.2) is 0 Å². The Hall–Kier alpha value is -1.54. The molecule has 2 atom stereocenters. The molecule has 0 aliphatic heterocycles. The summed E-state index contributed by atoms with van der Waals surface area (Å²) in [5.41, 5.74) is 3.54. The summed E-state index contributed by atoms with van der Waals surface area (Å²) in [6, 6.07) is 7.98. The molecule has 1 fully saturated rings. The second kappa shape index (κ2) is 6.07. The molecule has 1 aromatic carbocycles. The van der Waals surface area contributed by atoms with Gasteiger partial charge in [-0.3, -0.25) is 0 Å². The van der Waals surface area contributed by atoms with E-state index in [2.05, 4.69) is 20.1 Å². The fourth-order valence-corrected chi connectivity index (χ4v) is 2.59. The lowest BCUT2D eigenvalue weighted by atomic mass is 9.97. The van der Waals surface area contributed by atoms with Crippen molar-refractivity contribution in [3.63, 3.8) is 0 Å². The van der Waals surface area contributed by atoms with Crippen LogP contribution in [0.15, 0.2) is 48.6 Å². The van der Waals surface area contributed by atoms with Crippen LogP contribution in [0.1, 0.15) is 25.3 Å². The van der Waals surface area contributed by atoms with Crippen molar-refractivity contribution in [1.82, 2.24) is 0 Å².